The van der Waals surface area contributed by atoms with Crippen molar-refractivity contribution in [2.45, 2.75) is 116 Å². The van der Waals surface area contributed by atoms with Gasteiger partial charge in [0.1, 0.15) is 17.7 Å². The number of amides is 1. The van der Waals surface area contributed by atoms with Crippen molar-refractivity contribution in [3.8, 4) is 0 Å². The van der Waals surface area contributed by atoms with Crippen LogP contribution in [0.15, 0.2) is 4.99 Å². The van der Waals surface area contributed by atoms with Crippen LogP contribution in [0.25, 0.3) is 0 Å². The normalized spacial score (nSPS) is 16.5. The lowest BCUT2D eigenvalue weighted by Crippen LogP contribution is -2.44. The minimum Gasteiger partial charge on any atom is -0.464 e. The van der Waals surface area contributed by atoms with Gasteiger partial charge in [-0.2, -0.15) is 0 Å². The largest absolute Gasteiger partial charge is 0.464 e. The molecule has 1 rings (SSSR count). The maximum absolute atomic E-state index is 12.9. The second kappa shape index (κ2) is 22.6. The van der Waals surface area contributed by atoms with Crippen LogP contribution in [0.1, 0.15) is 98.3 Å². The Morgan fingerprint density at radius 3 is 2.09 bits per heavy atom. The van der Waals surface area contributed by atoms with Crippen LogP contribution in [0.2, 0.25) is 0 Å². The van der Waals surface area contributed by atoms with E-state index >= 15 is 0 Å². The van der Waals surface area contributed by atoms with Gasteiger partial charge in [0.15, 0.2) is 0 Å². The minimum absolute atomic E-state index is 0.270. The summed E-state index contributed by atoms with van der Waals surface area (Å²) in [5.41, 5.74) is 0.373. The number of nitrogens with one attached hydrogen (secondary N) is 5. The summed E-state index contributed by atoms with van der Waals surface area (Å²) in [6.45, 7) is 10.3. The van der Waals surface area contributed by atoms with Crippen molar-refractivity contribution in [1.29, 1.82) is 10.8 Å². The molecule has 43 heavy (non-hydrogen) atoms. The molecular weight excluding hydrogens is 552 g/mol. The molecule has 246 valence electrons. The summed E-state index contributed by atoms with van der Waals surface area (Å²) in [5, 5.41) is 23.1. The molecule has 0 heterocycles. The first kappa shape index (κ1) is 38.2. The lowest BCUT2D eigenvalue weighted by Gasteiger charge is -2.25. The third-order valence-electron chi connectivity index (χ3n) is 7.00. The van der Waals surface area contributed by atoms with Gasteiger partial charge in [0.2, 0.25) is 0 Å². The van der Waals surface area contributed by atoms with E-state index in [4.69, 9.17) is 30.0 Å². The molecule has 0 saturated heterocycles. The lowest BCUT2D eigenvalue weighted by molar-refractivity contribution is -0.147. The molecule has 0 aromatic rings. The quantitative estimate of drug-likeness (QED) is 0.0526. The Bertz CT molecular complexity index is 865. The number of esters is 2. The van der Waals surface area contributed by atoms with Crippen LogP contribution in [0.3, 0.4) is 0 Å². The molecule has 0 spiro atoms. The number of nitrogens with zero attached hydrogens (tertiary/aromatic N) is 1. The number of alkyl carbamates (subject to hydrolysis) is 1. The second-order valence-corrected chi connectivity index (χ2v) is 11.9. The molecule has 12 nitrogen and oxygen atoms in total. The van der Waals surface area contributed by atoms with Gasteiger partial charge in [0.05, 0.1) is 13.2 Å². The van der Waals surface area contributed by atoms with E-state index < -0.39 is 29.7 Å². The SMILES string of the molecule is CCOC(=O)C(CCCCNCC=N)N=C1CCC(CCOC(=O)C(CCCCNCC=N)NC(=O)OC(C)(C)C)CC1. The molecule has 1 saturated carbocycles. The van der Waals surface area contributed by atoms with E-state index in [1.807, 2.05) is 0 Å². The first-order valence-corrected chi connectivity index (χ1v) is 15.9. The third-order valence-corrected chi connectivity index (χ3v) is 7.00. The van der Waals surface area contributed by atoms with Crippen LogP contribution in [-0.4, -0.2) is 93.3 Å². The predicted molar refractivity (Wildman–Crippen MR) is 170 cm³/mol. The van der Waals surface area contributed by atoms with Gasteiger partial charge in [-0.1, -0.05) is 0 Å². The Kier molecular flexibility index (Phi) is 20.1. The van der Waals surface area contributed by atoms with Crippen LogP contribution in [0.4, 0.5) is 4.79 Å². The molecule has 2 atom stereocenters. The van der Waals surface area contributed by atoms with E-state index in [1.165, 1.54) is 12.4 Å². The zero-order chi connectivity index (χ0) is 31.9. The third kappa shape index (κ3) is 19.1. The number of rotatable bonds is 22. The highest BCUT2D eigenvalue weighted by Gasteiger charge is 2.26. The monoisotopic (exact) mass is 608 g/mol. The highest BCUT2D eigenvalue weighted by molar-refractivity contribution is 5.88. The fraction of sp³-hybridized carbons (Fsp3) is 0.806. The molecule has 1 aliphatic carbocycles. The number of carbonyl (C=O) groups is 3. The predicted octanol–water partition coefficient (Wildman–Crippen LogP) is 4.19. The van der Waals surface area contributed by atoms with Crippen molar-refractivity contribution < 1.29 is 28.6 Å². The van der Waals surface area contributed by atoms with Crippen LogP contribution >= 0.6 is 0 Å². The van der Waals surface area contributed by atoms with Gasteiger partial charge < -0.3 is 41.0 Å². The van der Waals surface area contributed by atoms with Crippen LogP contribution < -0.4 is 16.0 Å². The van der Waals surface area contributed by atoms with Gasteiger partial charge in [0.25, 0.3) is 0 Å². The maximum atomic E-state index is 12.9. The topological polar surface area (TPSA) is 175 Å². The van der Waals surface area contributed by atoms with E-state index in [0.717, 1.165) is 70.2 Å². The van der Waals surface area contributed by atoms with Crippen molar-refractivity contribution in [2.75, 3.05) is 39.4 Å². The van der Waals surface area contributed by atoms with Crippen LogP contribution in [0.5, 0.6) is 0 Å². The van der Waals surface area contributed by atoms with E-state index in [9.17, 15) is 14.4 Å². The van der Waals surface area contributed by atoms with E-state index in [2.05, 4.69) is 16.0 Å². The first-order chi connectivity index (χ1) is 20.6. The molecular formula is C31H56N6O6. The Morgan fingerprint density at radius 2 is 1.53 bits per heavy atom. The number of unbranched alkanes of at least 4 members (excludes halogenated alkanes) is 2. The molecule has 0 aromatic heterocycles. The molecule has 2 unspecified atom stereocenters. The van der Waals surface area contributed by atoms with Gasteiger partial charge in [-0.05, 0) is 117 Å². The Labute approximate surface area is 257 Å². The highest BCUT2D eigenvalue weighted by Crippen LogP contribution is 2.26. The van der Waals surface area contributed by atoms with Gasteiger partial charge in [0, 0.05) is 31.2 Å². The molecule has 12 heteroatoms. The van der Waals surface area contributed by atoms with E-state index in [0.29, 0.717) is 44.9 Å². The second-order valence-electron chi connectivity index (χ2n) is 11.9. The number of hydrogen-bond donors (Lipinski definition) is 5. The molecule has 1 fully saturated rings. The molecule has 1 aliphatic rings. The number of ether oxygens (including phenoxy) is 3. The maximum Gasteiger partial charge on any atom is 0.408 e. The zero-order valence-electron chi connectivity index (χ0n) is 26.8. The molecule has 5 N–H and O–H groups in total. The standard InChI is InChI=1S/C31H56N6O6/c1-5-41-28(38)26(10-6-8-19-34-21-17-32)36-25-14-12-24(13-15-25)16-23-42-29(39)27(11-7-9-20-35-22-18-33)37-30(40)43-31(2,3)4/h17-18,24,26-27,32-35H,5-16,19-23H2,1-4H3,(H,37,40). The van der Waals surface area contributed by atoms with Crippen molar-refractivity contribution in [1.82, 2.24) is 16.0 Å². The van der Waals surface area contributed by atoms with Gasteiger partial charge in [-0.25, -0.2) is 14.4 Å². The number of aliphatic imine (C=N–C) groups is 1. The molecule has 0 radical (unpaired) electrons. The summed E-state index contributed by atoms with van der Waals surface area (Å²) < 4.78 is 16.2. The number of carbonyl (C=O) groups excluding carboxylic acids is 3. The van der Waals surface area contributed by atoms with Gasteiger partial charge in [-0.15, -0.1) is 0 Å². The smallest absolute Gasteiger partial charge is 0.408 e. The fourth-order valence-electron chi connectivity index (χ4n) is 4.78. The summed E-state index contributed by atoms with van der Waals surface area (Å²) in [4.78, 5) is 42.5. The Hall–Kier alpha value is -2.86. The molecule has 0 aromatic carbocycles. The fourth-order valence-corrected chi connectivity index (χ4v) is 4.78. The summed E-state index contributed by atoms with van der Waals surface area (Å²) >= 11 is 0. The Morgan fingerprint density at radius 1 is 0.930 bits per heavy atom. The number of hydrogen-bond acceptors (Lipinski definition) is 11. The average Bonchev–Trinajstić information content (AvgIpc) is 2.95. The summed E-state index contributed by atoms with van der Waals surface area (Å²) in [7, 11) is 0. The summed E-state index contributed by atoms with van der Waals surface area (Å²) in [6.07, 6.45) is 10.5. The van der Waals surface area contributed by atoms with E-state index in [1.54, 1.807) is 27.7 Å². The van der Waals surface area contributed by atoms with Crippen molar-refractivity contribution in [3.63, 3.8) is 0 Å². The summed E-state index contributed by atoms with van der Waals surface area (Å²) in [5.74, 6) is -0.333. The van der Waals surface area contributed by atoms with Gasteiger partial charge in [-0.3, -0.25) is 4.99 Å². The summed E-state index contributed by atoms with van der Waals surface area (Å²) in [6, 6.07) is -1.26. The minimum atomic E-state index is -0.783. The lowest BCUT2D eigenvalue weighted by atomic mass is 9.86. The average molecular weight is 609 g/mol. The molecule has 0 bridgehead atoms. The van der Waals surface area contributed by atoms with E-state index in [-0.39, 0.29) is 12.6 Å². The first-order valence-electron chi connectivity index (χ1n) is 15.9. The van der Waals surface area contributed by atoms with Crippen LogP contribution in [-0.2, 0) is 23.8 Å². The molecule has 1 amide bonds. The van der Waals surface area contributed by atoms with Gasteiger partial charge >= 0.3 is 18.0 Å². The van der Waals surface area contributed by atoms with Crippen molar-refractivity contribution in [2.24, 2.45) is 10.9 Å². The van der Waals surface area contributed by atoms with Crippen LogP contribution in [0, 0.1) is 16.7 Å². The van der Waals surface area contributed by atoms with Crippen molar-refractivity contribution >= 4 is 36.2 Å². The molecule has 0 aliphatic heterocycles. The highest BCUT2D eigenvalue weighted by atomic mass is 16.6. The Balaban J connectivity index is 2.55. The van der Waals surface area contributed by atoms with Crippen molar-refractivity contribution in [3.05, 3.63) is 0 Å². The zero-order valence-corrected chi connectivity index (χ0v) is 26.8.